The summed E-state index contributed by atoms with van der Waals surface area (Å²) in [7, 11) is 6.38. The number of halogens is 1. The fourth-order valence-corrected chi connectivity index (χ4v) is 4.44. The number of fused-ring (bicyclic) bond motifs is 1. The normalized spacial score (nSPS) is 13.3. The number of hydrogen-bond acceptors (Lipinski definition) is 9. The maximum atomic E-state index is 15.3. The number of amides is 2. The predicted molar refractivity (Wildman–Crippen MR) is 143 cm³/mol. The standard InChI is InChI=1S/C26H29FN4O6S/c1-28-38-29-21-7-5-6-15(24(21)27)10-20-19(12-23(32)31-13-17(14-31)35-4)18-9-8-16(36-26(34)30(2)3)11-22(18)37-25(20)33/h5-9,11,17,28-29H,10,12-14H2,1-4H3. The summed E-state index contributed by atoms with van der Waals surface area (Å²) in [5.74, 6) is -0.513. The van der Waals surface area contributed by atoms with Crippen molar-refractivity contribution >= 4 is 40.8 Å². The molecule has 2 aromatic carbocycles. The summed E-state index contributed by atoms with van der Waals surface area (Å²) < 4.78 is 37.1. The molecule has 2 heterocycles. The molecule has 12 heteroatoms. The third kappa shape index (κ3) is 5.93. The quantitative estimate of drug-likeness (QED) is 0.310. The molecule has 1 aliphatic heterocycles. The van der Waals surface area contributed by atoms with Crippen molar-refractivity contribution in [1.29, 1.82) is 0 Å². The summed E-state index contributed by atoms with van der Waals surface area (Å²) in [6.07, 6.45) is -0.779. The molecule has 0 bridgehead atoms. The van der Waals surface area contributed by atoms with E-state index in [4.69, 9.17) is 13.9 Å². The fourth-order valence-electron chi connectivity index (χ4n) is 4.07. The van der Waals surface area contributed by atoms with Crippen molar-refractivity contribution in [3.8, 4) is 5.75 Å². The van der Waals surface area contributed by atoms with Gasteiger partial charge in [-0.15, -0.1) is 0 Å². The smallest absolute Gasteiger partial charge is 0.414 e. The number of nitrogens with zero attached hydrogens (tertiary/aromatic N) is 2. The Morgan fingerprint density at radius 1 is 1.21 bits per heavy atom. The minimum Gasteiger partial charge on any atom is -0.422 e. The van der Waals surface area contributed by atoms with Crippen LogP contribution in [0.5, 0.6) is 5.75 Å². The van der Waals surface area contributed by atoms with Crippen molar-refractivity contribution in [1.82, 2.24) is 14.5 Å². The Morgan fingerprint density at radius 2 is 1.97 bits per heavy atom. The molecular formula is C26H29FN4O6S. The maximum absolute atomic E-state index is 15.3. The lowest BCUT2D eigenvalue weighted by molar-refractivity contribution is -0.142. The minimum absolute atomic E-state index is 0.0234. The molecule has 38 heavy (non-hydrogen) atoms. The number of hydrogen-bond donors (Lipinski definition) is 2. The van der Waals surface area contributed by atoms with E-state index in [1.165, 1.54) is 11.0 Å². The Hall–Kier alpha value is -3.61. The van der Waals surface area contributed by atoms with Gasteiger partial charge in [0.25, 0.3) is 0 Å². The number of anilines is 1. The van der Waals surface area contributed by atoms with Gasteiger partial charge in [-0.05, 0) is 36.4 Å². The van der Waals surface area contributed by atoms with Gasteiger partial charge < -0.3 is 28.4 Å². The zero-order valence-electron chi connectivity index (χ0n) is 21.5. The van der Waals surface area contributed by atoms with Gasteiger partial charge in [0.15, 0.2) is 5.82 Å². The van der Waals surface area contributed by atoms with Crippen LogP contribution >= 0.6 is 12.1 Å². The number of benzene rings is 2. The molecule has 202 valence electrons. The van der Waals surface area contributed by atoms with Crippen molar-refractivity contribution in [2.75, 3.05) is 46.1 Å². The van der Waals surface area contributed by atoms with E-state index in [2.05, 4.69) is 9.44 Å². The van der Waals surface area contributed by atoms with Gasteiger partial charge >= 0.3 is 11.7 Å². The average molecular weight is 545 g/mol. The molecule has 3 aromatic rings. The van der Waals surface area contributed by atoms with Crippen molar-refractivity contribution in [2.24, 2.45) is 0 Å². The molecule has 2 amide bonds. The first-order valence-electron chi connectivity index (χ1n) is 11.9. The summed E-state index contributed by atoms with van der Waals surface area (Å²) in [4.78, 5) is 41.2. The largest absolute Gasteiger partial charge is 0.422 e. The van der Waals surface area contributed by atoms with E-state index in [-0.39, 0.29) is 53.0 Å². The first-order chi connectivity index (χ1) is 18.2. The van der Waals surface area contributed by atoms with Crippen molar-refractivity contribution in [3.05, 3.63) is 69.3 Å². The SMILES string of the molecule is CNSNc1cccc(Cc2c(CC(=O)N3CC(OC)C3)c3ccc(OC(=O)N(C)C)cc3oc2=O)c1F. The van der Waals surface area contributed by atoms with E-state index in [0.29, 0.717) is 24.0 Å². The Morgan fingerprint density at radius 3 is 2.66 bits per heavy atom. The van der Waals surface area contributed by atoms with Gasteiger partial charge in [0.1, 0.15) is 11.3 Å². The number of nitrogens with one attached hydrogen (secondary N) is 2. The van der Waals surface area contributed by atoms with Crippen LogP contribution in [0, 0.1) is 5.82 Å². The second-order valence-corrected chi connectivity index (χ2v) is 9.78. The lowest BCUT2D eigenvalue weighted by atomic mass is 9.95. The molecule has 10 nitrogen and oxygen atoms in total. The topological polar surface area (TPSA) is 113 Å². The van der Waals surface area contributed by atoms with Gasteiger partial charge in [0.2, 0.25) is 5.91 Å². The van der Waals surface area contributed by atoms with E-state index in [1.807, 2.05) is 0 Å². The Labute approximate surface area is 223 Å². The number of rotatable bonds is 9. The third-order valence-corrected chi connectivity index (χ3v) is 6.76. The molecule has 1 saturated heterocycles. The first-order valence-corrected chi connectivity index (χ1v) is 12.7. The molecule has 0 spiro atoms. The summed E-state index contributed by atoms with van der Waals surface area (Å²) in [5.41, 5.74) is 0.609. The number of likely N-dealkylation sites (tertiary alicyclic amines) is 1. The molecule has 2 N–H and O–H groups in total. The summed E-state index contributed by atoms with van der Waals surface area (Å²) in [6.45, 7) is 0.917. The van der Waals surface area contributed by atoms with Crippen molar-refractivity contribution in [3.63, 3.8) is 0 Å². The second kappa shape index (κ2) is 11.8. The van der Waals surface area contributed by atoms with Gasteiger partial charge in [0.05, 0.1) is 18.2 Å². The lowest BCUT2D eigenvalue weighted by Crippen LogP contribution is -2.54. The van der Waals surface area contributed by atoms with Crippen molar-refractivity contribution in [2.45, 2.75) is 18.9 Å². The van der Waals surface area contributed by atoms with E-state index in [0.717, 1.165) is 12.1 Å². The van der Waals surface area contributed by atoms with Gasteiger partial charge in [-0.25, -0.2) is 18.7 Å². The minimum atomic E-state index is -0.697. The van der Waals surface area contributed by atoms with Crippen LogP contribution in [0.25, 0.3) is 11.0 Å². The highest BCUT2D eigenvalue weighted by molar-refractivity contribution is 7.98. The molecule has 0 aliphatic carbocycles. The highest BCUT2D eigenvalue weighted by Crippen LogP contribution is 2.29. The van der Waals surface area contributed by atoms with E-state index in [1.54, 1.807) is 63.5 Å². The Bertz CT molecular complexity index is 1410. The van der Waals surface area contributed by atoms with E-state index < -0.39 is 17.5 Å². The van der Waals surface area contributed by atoms with Crippen LogP contribution in [0.15, 0.2) is 45.6 Å². The predicted octanol–water partition coefficient (Wildman–Crippen LogP) is 3.18. The summed E-state index contributed by atoms with van der Waals surface area (Å²) >= 11 is 1.11. The van der Waals surface area contributed by atoms with Crippen LogP contribution in [0.4, 0.5) is 14.9 Å². The van der Waals surface area contributed by atoms with Gasteiger partial charge in [0, 0.05) is 69.9 Å². The number of methoxy groups -OCH3 is 1. The Kier molecular flexibility index (Phi) is 8.55. The Balaban J connectivity index is 1.75. The summed E-state index contributed by atoms with van der Waals surface area (Å²) in [5, 5.41) is 0.502. The first kappa shape index (κ1) is 27.4. The van der Waals surface area contributed by atoms with E-state index in [9.17, 15) is 14.4 Å². The molecule has 1 aromatic heterocycles. The van der Waals surface area contributed by atoms with Crippen LogP contribution in [0.1, 0.15) is 16.7 Å². The molecule has 0 saturated carbocycles. The van der Waals surface area contributed by atoms with Gasteiger partial charge in [-0.1, -0.05) is 12.1 Å². The second-order valence-electron chi connectivity index (χ2n) is 8.96. The lowest BCUT2D eigenvalue weighted by Gasteiger charge is -2.38. The van der Waals surface area contributed by atoms with Crippen molar-refractivity contribution < 1.29 is 27.9 Å². The summed E-state index contributed by atoms with van der Waals surface area (Å²) in [6, 6.07) is 9.48. The highest BCUT2D eigenvalue weighted by atomic mass is 32.2. The van der Waals surface area contributed by atoms with Crippen LogP contribution in [-0.4, -0.2) is 69.2 Å². The van der Waals surface area contributed by atoms with Gasteiger partial charge in [-0.3, -0.25) is 4.79 Å². The zero-order chi connectivity index (χ0) is 27.4. The zero-order valence-corrected chi connectivity index (χ0v) is 22.3. The number of ether oxygens (including phenoxy) is 2. The molecule has 1 fully saturated rings. The molecule has 4 rings (SSSR count). The molecule has 1 aliphatic rings. The van der Waals surface area contributed by atoms with Crippen LogP contribution in [0.2, 0.25) is 0 Å². The molecule has 0 atom stereocenters. The van der Waals surface area contributed by atoms with Crippen LogP contribution < -0.4 is 19.8 Å². The van der Waals surface area contributed by atoms with Gasteiger partial charge in [-0.2, -0.15) is 0 Å². The van der Waals surface area contributed by atoms with Crippen LogP contribution in [-0.2, 0) is 22.4 Å². The van der Waals surface area contributed by atoms with Crippen LogP contribution in [0.3, 0.4) is 0 Å². The molecular weight excluding hydrogens is 515 g/mol. The third-order valence-electron chi connectivity index (χ3n) is 6.23. The maximum Gasteiger partial charge on any atom is 0.414 e. The molecule has 0 unspecified atom stereocenters. The molecule has 0 radical (unpaired) electrons. The number of carbonyl (C=O) groups is 2. The van der Waals surface area contributed by atoms with E-state index >= 15 is 4.39 Å². The fraction of sp³-hybridized carbons (Fsp3) is 0.346. The number of carbonyl (C=O) groups excluding carboxylic acids is 2. The average Bonchev–Trinajstić information content (AvgIpc) is 2.85. The highest BCUT2D eigenvalue weighted by Gasteiger charge is 2.31. The monoisotopic (exact) mass is 544 g/mol.